The molecule has 0 aromatic rings. The van der Waals surface area contributed by atoms with E-state index in [0.717, 1.165) is 27.7 Å². The van der Waals surface area contributed by atoms with Gasteiger partial charge < -0.3 is 29.4 Å². The number of nitrogens with zero attached hydrogens (tertiary/aromatic N) is 3. The number of nitrogens with one attached hydrogen (secondary N) is 1. The Labute approximate surface area is 175 Å². The first-order chi connectivity index (χ1) is 14.4. The molecule has 0 rings (SSSR count). The summed E-state index contributed by atoms with van der Waals surface area (Å²) >= 11 is 0. The average Bonchev–Trinajstić information content (AvgIpc) is 2.63. The van der Waals surface area contributed by atoms with Crippen LogP contribution in [0.3, 0.4) is 0 Å². The number of aliphatic carboxylic acids is 1. The van der Waals surface area contributed by atoms with E-state index in [1.54, 1.807) is 0 Å². The van der Waals surface area contributed by atoms with Crippen LogP contribution in [0.15, 0.2) is 5.11 Å². The van der Waals surface area contributed by atoms with Crippen LogP contribution < -0.4 is 5.32 Å². The second kappa shape index (κ2) is 13.4. The number of hydrogen-bond acceptors (Lipinski definition) is 11. The molecule has 2 N–H and O–H groups in total. The number of rotatable bonds is 12. The van der Waals surface area contributed by atoms with Crippen molar-refractivity contribution in [2.24, 2.45) is 5.11 Å². The summed E-state index contributed by atoms with van der Waals surface area (Å²) in [5.74, 6) is -6.59. The molecule has 0 fully saturated rings. The third-order valence-electron chi connectivity index (χ3n) is 3.20. The van der Waals surface area contributed by atoms with Crippen molar-refractivity contribution in [3.05, 3.63) is 10.4 Å². The van der Waals surface area contributed by atoms with Crippen molar-refractivity contribution >= 4 is 35.8 Å². The molecule has 0 saturated carbocycles. The molecular weight excluding hydrogens is 424 g/mol. The van der Waals surface area contributed by atoms with Crippen LogP contribution in [0.25, 0.3) is 10.4 Å². The van der Waals surface area contributed by atoms with Crippen molar-refractivity contribution < 1.29 is 52.8 Å². The van der Waals surface area contributed by atoms with Crippen LogP contribution >= 0.6 is 0 Å². The monoisotopic (exact) mass is 446 g/mol. The number of carbonyl (C=O) groups is 6. The molecule has 0 saturated heterocycles. The lowest BCUT2D eigenvalue weighted by molar-refractivity contribution is -0.198. The quantitative estimate of drug-likeness (QED) is 0.124. The van der Waals surface area contributed by atoms with Gasteiger partial charge in [0, 0.05) is 32.6 Å². The Bertz CT molecular complexity index is 759. The van der Waals surface area contributed by atoms with E-state index in [1.165, 1.54) is 0 Å². The molecule has 0 aromatic carbocycles. The molecule has 0 radical (unpaired) electrons. The summed E-state index contributed by atoms with van der Waals surface area (Å²) in [6, 6.07) is 0. The van der Waals surface area contributed by atoms with Crippen LogP contribution in [0, 0.1) is 0 Å². The summed E-state index contributed by atoms with van der Waals surface area (Å²) in [4.78, 5) is 72.0. The molecule has 0 bridgehead atoms. The molecule has 4 atom stereocenters. The minimum absolute atomic E-state index is 0.616. The summed E-state index contributed by atoms with van der Waals surface area (Å²) in [5.41, 5.74) is 8.57. The van der Waals surface area contributed by atoms with Crippen molar-refractivity contribution in [3.8, 4) is 0 Å². The van der Waals surface area contributed by atoms with Gasteiger partial charge in [-0.05, 0) is 5.53 Å². The van der Waals surface area contributed by atoms with Crippen LogP contribution in [0.5, 0.6) is 0 Å². The third kappa shape index (κ3) is 11.0. The first-order valence-electron chi connectivity index (χ1n) is 8.58. The van der Waals surface area contributed by atoms with Crippen molar-refractivity contribution in [1.82, 2.24) is 5.32 Å². The van der Waals surface area contributed by atoms with E-state index in [1.807, 2.05) is 5.32 Å². The standard InChI is InChI=1S/C16H22N4O11/c1-7(21)28-11(5-19-20-17)13(29-8(2)22)14(30-9(3)23)15(31-10(4)24)16(27)18-6-12(25)26/h11,13-15H,5-6H2,1-4H3,(H,18,27)(H,25,26)/t11-,13-,14+,15-/m1/s1. The third-order valence-corrected chi connectivity index (χ3v) is 3.20. The maximum Gasteiger partial charge on any atom is 0.322 e. The number of hydrogen-bond donors (Lipinski definition) is 2. The van der Waals surface area contributed by atoms with Crippen LogP contribution in [0.1, 0.15) is 27.7 Å². The van der Waals surface area contributed by atoms with Crippen molar-refractivity contribution in [3.63, 3.8) is 0 Å². The van der Waals surface area contributed by atoms with E-state index in [0.29, 0.717) is 0 Å². The molecule has 0 unspecified atom stereocenters. The molecule has 0 aliphatic carbocycles. The van der Waals surface area contributed by atoms with Crippen LogP contribution in [0.4, 0.5) is 0 Å². The molecule has 0 aromatic heterocycles. The Balaban J connectivity index is 6.40. The van der Waals surface area contributed by atoms with Crippen molar-refractivity contribution in [1.29, 1.82) is 0 Å². The van der Waals surface area contributed by atoms with Gasteiger partial charge in [-0.25, -0.2) is 0 Å². The molecule has 0 aliphatic rings. The average molecular weight is 446 g/mol. The zero-order chi connectivity index (χ0) is 24.1. The van der Waals surface area contributed by atoms with E-state index < -0.39 is 73.3 Å². The largest absolute Gasteiger partial charge is 0.480 e. The predicted molar refractivity (Wildman–Crippen MR) is 96.9 cm³/mol. The van der Waals surface area contributed by atoms with E-state index >= 15 is 0 Å². The van der Waals surface area contributed by atoms with E-state index in [4.69, 9.17) is 29.6 Å². The van der Waals surface area contributed by atoms with Gasteiger partial charge in [0.1, 0.15) is 12.6 Å². The lowest BCUT2D eigenvalue weighted by atomic mass is 10.0. The van der Waals surface area contributed by atoms with Gasteiger partial charge in [0.2, 0.25) is 6.10 Å². The summed E-state index contributed by atoms with van der Waals surface area (Å²) in [6.07, 6.45) is -7.27. The summed E-state index contributed by atoms with van der Waals surface area (Å²) in [6.45, 7) is 2.27. The van der Waals surface area contributed by atoms with Gasteiger partial charge in [0.05, 0.1) is 6.54 Å². The molecular formula is C16H22N4O11. The minimum atomic E-state index is -2.02. The van der Waals surface area contributed by atoms with E-state index in [-0.39, 0.29) is 0 Å². The molecule has 0 spiro atoms. The lowest BCUT2D eigenvalue weighted by Gasteiger charge is -2.34. The zero-order valence-corrected chi connectivity index (χ0v) is 17.1. The summed E-state index contributed by atoms with van der Waals surface area (Å²) < 4.78 is 19.9. The zero-order valence-electron chi connectivity index (χ0n) is 17.1. The second-order valence-electron chi connectivity index (χ2n) is 5.85. The van der Waals surface area contributed by atoms with Gasteiger partial charge >= 0.3 is 29.8 Å². The van der Waals surface area contributed by atoms with Crippen LogP contribution in [-0.2, 0) is 47.7 Å². The molecule has 0 heterocycles. The second-order valence-corrected chi connectivity index (χ2v) is 5.85. The molecule has 0 aliphatic heterocycles. The van der Waals surface area contributed by atoms with Gasteiger partial charge in [-0.3, -0.25) is 28.8 Å². The normalized spacial score (nSPS) is 13.8. The fraction of sp³-hybridized carbons (Fsp3) is 0.625. The highest BCUT2D eigenvalue weighted by molar-refractivity contribution is 5.87. The Morgan fingerprint density at radius 3 is 1.77 bits per heavy atom. The van der Waals surface area contributed by atoms with Crippen LogP contribution in [0.2, 0.25) is 0 Å². The number of azide groups is 1. The highest BCUT2D eigenvalue weighted by Crippen LogP contribution is 2.20. The fourth-order valence-corrected chi connectivity index (χ4v) is 2.29. The van der Waals surface area contributed by atoms with Gasteiger partial charge in [-0.1, -0.05) is 5.11 Å². The molecule has 1 amide bonds. The van der Waals surface area contributed by atoms with Gasteiger partial charge in [0.25, 0.3) is 5.91 Å². The number of carboxylic acid groups (broad SMARTS) is 1. The van der Waals surface area contributed by atoms with Gasteiger partial charge in [-0.2, -0.15) is 0 Å². The maximum absolute atomic E-state index is 12.5. The molecule has 31 heavy (non-hydrogen) atoms. The molecule has 172 valence electrons. The first kappa shape index (κ1) is 27.1. The maximum atomic E-state index is 12.5. The fourth-order valence-electron chi connectivity index (χ4n) is 2.29. The lowest BCUT2D eigenvalue weighted by Crippen LogP contribution is -2.57. The highest BCUT2D eigenvalue weighted by Gasteiger charge is 2.46. The van der Waals surface area contributed by atoms with Gasteiger partial charge in [-0.15, -0.1) is 0 Å². The van der Waals surface area contributed by atoms with Crippen molar-refractivity contribution in [2.75, 3.05) is 13.1 Å². The first-order valence-corrected chi connectivity index (χ1v) is 8.58. The number of carbonyl (C=O) groups excluding carboxylic acids is 5. The van der Waals surface area contributed by atoms with E-state index in [9.17, 15) is 28.8 Å². The van der Waals surface area contributed by atoms with Crippen LogP contribution in [-0.4, -0.2) is 78.4 Å². The number of ether oxygens (including phenoxy) is 4. The summed E-state index contributed by atoms with van der Waals surface area (Å²) in [5, 5.41) is 13.9. The molecule has 15 heteroatoms. The Kier molecular flexibility index (Phi) is 11.7. The Hall–Kier alpha value is -3.87. The number of esters is 4. The summed E-state index contributed by atoms with van der Waals surface area (Å²) in [7, 11) is 0. The topological polar surface area (TPSA) is 220 Å². The van der Waals surface area contributed by atoms with Gasteiger partial charge in [0.15, 0.2) is 12.2 Å². The number of carboxylic acids is 1. The Morgan fingerprint density at radius 1 is 0.871 bits per heavy atom. The Morgan fingerprint density at radius 2 is 1.35 bits per heavy atom. The smallest absolute Gasteiger partial charge is 0.322 e. The SMILES string of the molecule is CC(=O)O[C@@H]([C@H](OC(C)=O)[C@@H](OC(C)=O)C(=O)NCC(=O)O)[C@@H](CN=[N+]=[N-])OC(C)=O. The highest BCUT2D eigenvalue weighted by atomic mass is 16.6. The van der Waals surface area contributed by atoms with Crippen molar-refractivity contribution in [2.45, 2.75) is 52.1 Å². The predicted octanol–water partition coefficient (Wildman–Crippen LogP) is -0.776. The molecule has 15 nitrogen and oxygen atoms in total. The minimum Gasteiger partial charge on any atom is -0.480 e. The number of amides is 1. The van der Waals surface area contributed by atoms with E-state index in [2.05, 4.69) is 10.0 Å².